The molecule has 0 aliphatic heterocycles. The molecule has 0 unspecified atom stereocenters. The van der Waals surface area contributed by atoms with Crippen LogP contribution in [0.1, 0.15) is 101 Å². The minimum Gasteiger partial charge on any atom is -0.0803 e. The van der Waals surface area contributed by atoms with Gasteiger partial charge < -0.3 is 0 Å². The van der Waals surface area contributed by atoms with Crippen LogP contribution < -0.4 is 5.30 Å². The fourth-order valence-electron chi connectivity index (χ4n) is 5.15. The highest BCUT2D eigenvalue weighted by Gasteiger charge is 2.24. The Morgan fingerprint density at radius 2 is 0.727 bits per heavy atom. The molecule has 0 nitrogen and oxygen atoms in total. The van der Waals surface area contributed by atoms with Gasteiger partial charge >= 0.3 is 0 Å². The monoisotopic (exact) mass is 458 g/mol. The van der Waals surface area contributed by atoms with E-state index in [4.69, 9.17) is 0 Å². The van der Waals surface area contributed by atoms with Crippen LogP contribution >= 0.6 is 7.92 Å². The van der Waals surface area contributed by atoms with Crippen LogP contribution in [0.5, 0.6) is 0 Å². The summed E-state index contributed by atoms with van der Waals surface area (Å²) in [5.41, 5.74) is 11.7. The molecule has 0 N–H and O–H groups in total. The van der Waals surface area contributed by atoms with Crippen molar-refractivity contribution in [2.24, 2.45) is 0 Å². The molecule has 0 aromatic heterocycles. The average Bonchev–Trinajstić information content (AvgIpc) is 2.77. The van der Waals surface area contributed by atoms with E-state index in [1.165, 1.54) is 44.5 Å². The molecule has 3 aromatic rings. The van der Waals surface area contributed by atoms with Crippen LogP contribution in [0.25, 0.3) is 22.3 Å². The van der Waals surface area contributed by atoms with Crippen LogP contribution in [0.4, 0.5) is 0 Å². The van der Waals surface area contributed by atoms with Gasteiger partial charge in [0.25, 0.3) is 0 Å². The van der Waals surface area contributed by atoms with Gasteiger partial charge in [0, 0.05) is 0 Å². The molecule has 0 saturated heterocycles. The topological polar surface area (TPSA) is 0 Å². The van der Waals surface area contributed by atoms with E-state index in [0.29, 0.717) is 23.7 Å². The predicted octanol–water partition coefficient (Wildman–Crippen LogP) is 9.88. The largest absolute Gasteiger partial charge is 0.0803 e. The number of hydrogen-bond acceptors (Lipinski definition) is 0. The molecule has 1 heteroatoms. The molecule has 0 atom stereocenters. The van der Waals surface area contributed by atoms with Crippen LogP contribution in [0.2, 0.25) is 0 Å². The predicted molar refractivity (Wildman–Crippen MR) is 152 cm³/mol. The molecule has 0 spiro atoms. The summed E-state index contributed by atoms with van der Waals surface area (Å²) in [6.45, 7) is 23.5. The van der Waals surface area contributed by atoms with Gasteiger partial charge in [0.15, 0.2) is 0 Å². The van der Waals surface area contributed by atoms with Gasteiger partial charge in [0.2, 0.25) is 0 Å². The molecule has 3 rings (SSSR count). The second kappa shape index (κ2) is 10.6. The van der Waals surface area contributed by atoms with E-state index < -0.39 is 0 Å². The maximum Gasteiger partial charge on any atom is -0.00891 e. The Morgan fingerprint density at radius 1 is 0.455 bits per heavy atom. The van der Waals surface area contributed by atoms with Crippen molar-refractivity contribution in [3.8, 4) is 22.3 Å². The molecule has 176 valence electrons. The number of benzene rings is 3. The average molecular weight is 459 g/mol. The van der Waals surface area contributed by atoms with Gasteiger partial charge in [-0.15, -0.1) is 0 Å². The maximum absolute atomic E-state index is 2.43. The molecule has 0 fully saturated rings. The van der Waals surface area contributed by atoms with Crippen molar-refractivity contribution in [3.05, 3.63) is 76.9 Å². The summed E-state index contributed by atoms with van der Waals surface area (Å²) < 4.78 is 0. The number of hydrogen-bond donors (Lipinski definition) is 0. The van der Waals surface area contributed by atoms with Gasteiger partial charge in [-0.1, -0.05) is 118 Å². The summed E-state index contributed by atoms with van der Waals surface area (Å²) in [6, 6.07) is 21.0. The lowest BCUT2D eigenvalue weighted by molar-refractivity contribution is 0.837. The van der Waals surface area contributed by atoms with Crippen LogP contribution in [-0.2, 0) is 0 Å². The third kappa shape index (κ3) is 5.12. The second-order valence-electron chi connectivity index (χ2n) is 10.8. The Morgan fingerprint density at radius 3 is 0.970 bits per heavy atom. The van der Waals surface area contributed by atoms with Gasteiger partial charge in [0.05, 0.1) is 0 Å². The Kier molecular flexibility index (Phi) is 8.23. The summed E-state index contributed by atoms with van der Waals surface area (Å²) in [7, 11) is -0.311. The molecule has 33 heavy (non-hydrogen) atoms. The zero-order chi connectivity index (χ0) is 24.4. The van der Waals surface area contributed by atoms with E-state index in [1.54, 1.807) is 5.30 Å². The summed E-state index contributed by atoms with van der Waals surface area (Å²) in [4.78, 5) is 0. The molecule has 3 aromatic carbocycles. The minimum absolute atomic E-state index is 0.311. The Balaban J connectivity index is 2.48. The Labute approximate surface area is 204 Å². The maximum atomic E-state index is 2.43. The van der Waals surface area contributed by atoms with Crippen LogP contribution in [-0.4, -0.2) is 13.3 Å². The molecular weight excluding hydrogens is 415 g/mol. The summed E-state index contributed by atoms with van der Waals surface area (Å²) >= 11 is 0. The van der Waals surface area contributed by atoms with Gasteiger partial charge in [-0.3, -0.25) is 0 Å². The van der Waals surface area contributed by atoms with Crippen molar-refractivity contribution in [3.63, 3.8) is 0 Å². The molecule has 0 saturated carbocycles. The van der Waals surface area contributed by atoms with E-state index in [2.05, 4.69) is 123 Å². The van der Waals surface area contributed by atoms with Crippen molar-refractivity contribution in [1.82, 2.24) is 0 Å². The van der Waals surface area contributed by atoms with Crippen molar-refractivity contribution < 1.29 is 0 Å². The lowest BCUT2D eigenvalue weighted by atomic mass is 9.82. The van der Waals surface area contributed by atoms with Crippen molar-refractivity contribution in [2.75, 3.05) is 13.3 Å². The second-order valence-corrected chi connectivity index (χ2v) is 13.1. The first-order chi connectivity index (χ1) is 15.6. The summed E-state index contributed by atoms with van der Waals surface area (Å²) in [5.74, 6) is 1.96. The van der Waals surface area contributed by atoms with Gasteiger partial charge in [-0.25, -0.2) is 0 Å². The molecule has 0 bridgehead atoms. The molecule has 0 radical (unpaired) electrons. The van der Waals surface area contributed by atoms with E-state index in [1.807, 2.05) is 0 Å². The molecular formula is C32H43P. The molecule has 0 aliphatic carbocycles. The zero-order valence-electron chi connectivity index (χ0n) is 22.5. The first-order valence-electron chi connectivity index (χ1n) is 12.6. The Hall–Kier alpha value is -1.91. The zero-order valence-corrected chi connectivity index (χ0v) is 23.3. The standard InChI is InChI=1S/C32H43P/c1-20(2)24-14-11-15-25(21(3)4)30(24)28-18-13-19-29(32(28)33(9)10)31-26(22(5)6)16-12-17-27(31)23(7)8/h11-23H,1-10H3. The molecule has 0 heterocycles. The van der Waals surface area contributed by atoms with E-state index >= 15 is 0 Å². The first kappa shape index (κ1) is 25.7. The summed E-state index contributed by atoms with van der Waals surface area (Å²) in [6.07, 6.45) is 0. The van der Waals surface area contributed by atoms with Crippen molar-refractivity contribution in [1.29, 1.82) is 0 Å². The highest BCUT2D eigenvalue weighted by molar-refractivity contribution is 7.64. The van der Waals surface area contributed by atoms with Crippen LogP contribution in [0, 0.1) is 0 Å². The van der Waals surface area contributed by atoms with Gasteiger partial charge in [-0.05, 0) is 86.8 Å². The SMILES string of the molecule is CC(C)c1cccc(C(C)C)c1-c1cccc(-c2c(C(C)C)cccc2C(C)C)c1P(C)C. The third-order valence-electron chi connectivity index (χ3n) is 6.77. The van der Waals surface area contributed by atoms with Gasteiger partial charge in [0.1, 0.15) is 0 Å². The Bertz CT molecular complexity index is 965. The van der Waals surface area contributed by atoms with Crippen molar-refractivity contribution >= 4 is 13.2 Å². The third-order valence-corrected chi connectivity index (χ3v) is 8.14. The lowest BCUT2D eigenvalue weighted by Crippen LogP contribution is -2.14. The fourth-order valence-corrected chi connectivity index (χ4v) is 6.49. The smallest absolute Gasteiger partial charge is 0.00891 e. The fraction of sp³-hybridized carbons (Fsp3) is 0.438. The van der Waals surface area contributed by atoms with Crippen LogP contribution in [0.15, 0.2) is 54.6 Å². The molecule has 0 amide bonds. The highest BCUT2D eigenvalue weighted by atomic mass is 31.1. The quantitative estimate of drug-likeness (QED) is 0.309. The lowest BCUT2D eigenvalue weighted by Gasteiger charge is -2.27. The van der Waals surface area contributed by atoms with E-state index in [9.17, 15) is 0 Å². The van der Waals surface area contributed by atoms with Gasteiger partial charge in [-0.2, -0.15) is 0 Å². The number of rotatable bonds is 7. The van der Waals surface area contributed by atoms with E-state index in [-0.39, 0.29) is 7.92 Å². The highest BCUT2D eigenvalue weighted by Crippen LogP contribution is 2.44. The normalized spacial score (nSPS) is 12.1. The van der Waals surface area contributed by atoms with Crippen molar-refractivity contribution in [2.45, 2.75) is 79.1 Å². The van der Waals surface area contributed by atoms with E-state index in [0.717, 1.165) is 0 Å². The molecule has 0 aliphatic rings. The minimum atomic E-state index is -0.311. The van der Waals surface area contributed by atoms with Crippen LogP contribution in [0.3, 0.4) is 0 Å². The first-order valence-corrected chi connectivity index (χ1v) is 14.9. The summed E-state index contributed by atoms with van der Waals surface area (Å²) in [5, 5.41) is 1.55.